The molecule has 17 heavy (non-hydrogen) atoms. The molecular weight excluding hydrogens is 212 g/mol. The first-order valence-corrected chi connectivity index (χ1v) is 7.02. The maximum absolute atomic E-state index is 11.4. The lowest BCUT2D eigenvalue weighted by atomic mass is 10.1. The van der Waals surface area contributed by atoms with Crippen molar-refractivity contribution >= 4 is 11.6 Å². The number of hydrogen-bond acceptors (Lipinski definition) is 2. The Balaban J connectivity index is 3.43. The van der Waals surface area contributed by atoms with Gasteiger partial charge in [-0.15, -0.1) is 0 Å². The molecule has 0 bridgehead atoms. The molecule has 0 saturated heterocycles. The highest BCUT2D eigenvalue weighted by molar-refractivity contribution is 5.84. The van der Waals surface area contributed by atoms with E-state index < -0.39 is 0 Å². The van der Waals surface area contributed by atoms with Crippen molar-refractivity contribution in [3.8, 4) is 0 Å². The Morgan fingerprint density at radius 1 is 0.941 bits per heavy atom. The number of unbranched alkanes of at least 4 members (excludes halogenated alkanes) is 5. The number of hydrazone groups is 1. The van der Waals surface area contributed by atoms with Crippen molar-refractivity contribution in [2.45, 2.75) is 78.6 Å². The van der Waals surface area contributed by atoms with Gasteiger partial charge in [-0.2, -0.15) is 5.10 Å². The Labute approximate surface area is 106 Å². The van der Waals surface area contributed by atoms with Crippen LogP contribution in [0.2, 0.25) is 0 Å². The zero-order valence-electron chi connectivity index (χ0n) is 11.7. The van der Waals surface area contributed by atoms with Gasteiger partial charge in [-0.3, -0.25) is 4.79 Å². The molecule has 0 aromatic rings. The maximum atomic E-state index is 11.4. The van der Waals surface area contributed by atoms with Crippen molar-refractivity contribution in [1.82, 2.24) is 5.43 Å². The molecule has 0 heterocycles. The summed E-state index contributed by atoms with van der Waals surface area (Å²) >= 11 is 0. The summed E-state index contributed by atoms with van der Waals surface area (Å²) < 4.78 is 0. The topological polar surface area (TPSA) is 41.5 Å². The highest BCUT2D eigenvalue weighted by Gasteiger charge is 1.99. The lowest BCUT2D eigenvalue weighted by molar-refractivity contribution is -0.121. The van der Waals surface area contributed by atoms with Crippen LogP contribution >= 0.6 is 0 Å². The molecule has 1 amide bonds. The second kappa shape index (κ2) is 11.6. The Hall–Kier alpha value is -0.860. The summed E-state index contributed by atoms with van der Waals surface area (Å²) in [6.45, 7) is 6.27. The minimum absolute atomic E-state index is 0.0518. The third-order valence-electron chi connectivity index (χ3n) is 2.74. The first kappa shape index (κ1) is 16.1. The van der Waals surface area contributed by atoms with Gasteiger partial charge in [0.05, 0.1) is 0 Å². The first-order valence-electron chi connectivity index (χ1n) is 7.02. The van der Waals surface area contributed by atoms with Gasteiger partial charge in [-0.1, -0.05) is 52.4 Å². The lowest BCUT2D eigenvalue weighted by Gasteiger charge is -2.02. The summed E-state index contributed by atoms with van der Waals surface area (Å²) in [5.41, 5.74) is 3.62. The first-order chi connectivity index (χ1) is 8.20. The van der Waals surface area contributed by atoms with Crippen LogP contribution in [0.1, 0.15) is 78.6 Å². The fourth-order valence-corrected chi connectivity index (χ4v) is 1.70. The van der Waals surface area contributed by atoms with Crippen LogP contribution < -0.4 is 5.43 Å². The van der Waals surface area contributed by atoms with Crippen LogP contribution in [-0.2, 0) is 4.79 Å². The molecule has 100 valence electrons. The molecule has 0 spiro atoms. The molecule has 0 rings (SSSR count). The SMILES string of the molecule is CCCCCCCCC(=O)N/N=C(\C)CCC. The van der Waals surface area contributed by atoms with Gasteiger partial charge in [0.15, 0.2) is 0 Å². The molecule has 1 N–H and O–H groups in total. The molecule has 0 atom stereocenters. The van der Waals surface area contributed by atoms with Gasteiger partial charge in [-0.25, -0.2) is 5.43 Å². The maximum Gasteiger partial charge on any atom is 0.240 e. The van der Waals surface area contributed by atoms with Gasteiger partial charge in [0.2, 0.25) is 5.91 Å². The predicted molar refractivity (Wildman–Crippen MR) is 74.2 cm³/mol. The van der Waals surface area contributed by atoms with Crippen LogP contribution in [-0.4, -0.2) is 11.6 Å². The zero-order chi connectivity index (χ0) is 12.9. The third-order valence-corrected chi connectivity index (χ3v) is 2.74. The minimum atomic E-state index is 0.0518. The van der Waals surface area contributed by atoms with Crippen LogP contribution in [0.25, 0.3) is 0 Å². The van der Waals surface area contributed by atoms with Crippen LogP contribution in [0.15, 0.2) is 5.10 Å². The number of amides is 1. The zero-order valence-corrected chi connectivity index (χ0v) is 11.7. The van der Waals surface area contributed by atoms with E-state index in [1.807, 2.05) is 6.92 Å². The van der Waals surface area contributed by atoms with Crippen molar-refractivity contribution in [2.24, 2.45) is 5.10 Å². The number of rotatable bonds is 10. The third kappa shape index (κ3) is 11.4. The quantitative estimate of drug-likeness (QED) is 0.349. The van der Waals surface area contributed by atoms with Crippen molar-refractivity contribution in [3.05, 3.63) is 0 Å². The van der Waals surface area contributed by atoms with Gasteiger partial charge >= 0.3 is 0 Å². The molecule has 0 aromatic carbocycles. The van der Waals surface area contributed by atoms with E-state index in [0.717, 1.165) is 31.4 Å². The summed E-state index contributed by atoms with van der Waals surface area (Å²) in [4.78, 5) is 11.4. The Morgan fingerprint density at radius 3 is 2.24 bits per heavy atom. The number of carbonyl (C=O) groups excluding carboxylic acids is 1. The number of hydrogen-bond donors (Lipinski definition) is 1. The molecule has 0 aliphatic rings. The van der Waals surface area contributed by atoms with Gasteiger partial charge in [0.25, 0.3) is 0 Å². The van der Waals surface area contributed by atoms with Crippen molar-refractivity contribution in [3.63, 3.8) is 0 Å². The van der Waals surface area contributed by atoms with E-state index in [9.17, 15) is 4.79 Å². The number of nitrogens with zero attached hydrogens (tertiary/aromatic N) is 1. The normalized spacial score (nSPS) is 11.6. The van der Waals surface area contributed by atoms with E-state index in [1.54, 1.807) is 0 Å². The average molecular weight is 240 g/mol. The van der Waals surface area contributed by atoms with E-state index in [-0.39, 0.29) is 5.91 Å². The van der Waals surface area contributed by atoms with E-state index in [2.05, 4.69) is 24.4 Å². The molecule has 0 saturated carbocycles. The van der Waals surface area contributed by atoms with E-state index >= 15 is 0 Å². The minimum Gasteiger partial charge on any atom is -0.273 e. The van der Waals surface area contributed by atoms with Crippen LogP contribution in [0, 0.1) is 0 Å². The summed E-state index contributed by atoms with van der Waals surface area (Å²) in [5, 5.41) is 4.06. The summed E-state index contributed by atoms with van der Waals surface area (Å²) in [6.07, 6.45) is 9.90. The average Bonchev–Trinajstić information content (AvgIpc) is 2.31. The highest BCUT2D eigenvalue weighted by Crippen LogP contribution is 2.06. The fraction of sp³-hybridized carbons (Fsp3) is 0.857. The Bertz CT molecular complexity index is 224. The van der Waals surface area contributed by atoms with Crippen LogP contribution in [0.3, 0.4) is 0 Å². The molecule has 0 aromatic heterocycles. The molecule has 0 fully saturated rings. The second-order valence-corrected chi connectivity index (χ2v) is 4.65. The van der Waals surface area contributed by atoms with E-state index in [4.69, 9.17) is 0 Å². The van der Waals surface area contributed by atoms with Gasteiger partial charge in [-0.05, 0) is 19.8 Å². The van der Waals surface area contributed by atoms with Crippen LogP contribution in [0.4, 0.5) is 0 Å². The summed E-state index contributed by atoms with van der Waals surface area (Å²) in [7, 11) is 0. The Morgan fingerprint density at radius 2 is 1.59 bits per heavy atom. The standard InChI is InChI=1S/C14H28N2O/c1-4-6-7-8-9-10-12-14(17)16-15-13(3)11-5-2/h4-12H2,1-3H3,(H,16,17)/b15-13+. The molecule has 3 heteroatoms. The molecule has 0 aliphatic carbocycles. The predicted octanol–water partition coefficient (Wildman–Crippen LogP) is 4.03. The summed E-state index contributed by atoms with van der Waals surface area (Å²) in [6, 6.07) is 0. The molecular formula is C14H28N2O. The number of carbonyl (C=O) groups is 1. The van der Waals surface area contributed by atoms with E-state index in [0.29, 0.717) is 6.42 Å². The Kier molecular flexibility index (Phi) is 11.0. The van der Waals surface area contributed by atoms with Crippen molar-refractivity contribution < 1.29 is 4.79 Å². The highest BCUT2D eigenvalue weighted by atomic mass is 16.2. The van der Waals surface area contributed by atoms with E-state index in [1.165, 1.54) is 25.7 Å². The van der Waals surface area contributed by atoms with Gasteiger partial charge in [0, 0.05) is 12.1 Å². The smallest absolute Gasteiger partial charge is 0.240 e. The second-order valence-electron chi connectivity index (χ2n) is 4.65. The lowest BCUT2D eigenvalue weighted by Crippen LogP contribution is -2.18. The molecule has 0 aliphatic heterocycles. The molecule has 0 unspecified atom stereocenters. The van der Waals surface area contributed by atoms with Crippen LogP contribution in [0.5, 0.6) is 0 Å². The van der Waals surface area contributed by atoms with Crippen molar-refractivity contribution in [1.29, 1.82) is 0 Å². The summed E-state index contributed by atoms with van der Waals surface area (Å²) in [5.74, 6) is 0.0518. The van der Waals surface area contributed by atoms with Gasteiger partial charge < -0.3 is 0 Å². The largest absolute Gasteiger partial charge is 0.273 e. The number of nitrogens with one attached hydrogen (secondary N) is 1. The molecule has 0 radical (unpaired) electrons. The monoisotopic (exact) mass is 240 g/mol. The molecule has 3 nitrogen and oxygen atoms in total. The van der Waals surface area contributed by atoms with Gasteiger partial charge in [0.1, 0.15) is 0 Å². The fourth-order valence-electron chi connectivity index (χ4n) is 1.70. The van der Waals surface area contributed by atoms with Crippen molar-refractivity contribution in [2.75, 3.05) is 0 Å².